The number of fused-ring (bicyclic) bond motifs is 1. The number of amides is 3. The highest BCUT2D eigenvalue weighted by atomic mass is 16.2. The molecule has 4 rings (SSSR count). The summed E-state index contributed by atoms with van der Waals surface area (Å²) in [5.41, 5.74) is 5.87. The van der Waals surface area contributed by atoms with Gasteiger partial charge in [-0.05, 0) is 11.6 Å². The number of hydrazine groups is 1. The zero-order valence-corrected chi connectivity index (χ0v) is 17.0. The molecule has 0 spiro atoms. The van der Waals surface area contributed by atoms with Crippen molar-refractivity contribution in [2.75, 3.05) is 6.54 Å². The number of rotatable bonds is 5. The highest BCUT2D eigenvalue weighted by molar-refractivity contribution is 6.05. The number of benzene rings is 2. The summed E-state index contributed by atoms with van der Waals surface area (Å²) in [6.45, 7) is 0.465. The molecule has 2 heterocycles. The van der Waals surface area contributed by atoms with Crippen molar-refractivity contribution >= 4 is 34.2 Å². The summed E-state index contributed by atoms with van der Waals surface area (Å²) in [6, 6.07) is 16.1. The van der Waals surface area contributed by atoms with E-state index in [1.165, 1.54) is 5.01 Å². The summed E-state index contributed by atoms with van der Waals surface area (Å²) in [7, 11) is 0. The molecule has 32 heavy (non-hydrogen) atoms. The molecule has 0 unspecified atom stereocenters. The maximum Gasteiger partial charge on any atom is 0.290 e. The Morgan fingerprint density at radius 1 is 0.938 bits per heavy atom. The molecule has 0 fully saturated rings. The molecule has 0 radical (unpaired) electrons. The summed E-state index contributed by atoms with van der Waals surface area (Å²) in [5, 5.41) is 12.4. The van der Waals surface area contributed by atoms with Gasteiger partial charge in [-0.25, -0.2) is 10.1 Å². The van der Waals surface area contributed by atoms with Gasteiger partial charge in [-0.3, -0.25) is 30.0 Å². The van der Waals surface area contributed by atoms with Crippen molar-refractivity contribution in [1.29, 1.82) is 0 Å². The average Bonchev–Trinajstić information content (AvgIpc) is 3.32. The molecule has 3 amide bonds. The van der Waals surface area contributed by atoms with Crippen LogP contribution in [0.1, 0.15) is 35.3 Å². The van der Waals surface area contributed by atoms with Crippen molar-refractivity contribution in [3.63, 3.8) is 0 Å². The number of nitrogens with one attached hydrogen (secondary N) is 3. The van der Waals surface area contributed by atoms with Gasteiger partial charge in [0.1, 0.15) is 0 Å². The fraction of sp³-hybridized carbons (Fsp3) is 0.182. The van der Waals surface area contributed by atoms with Crippen LogP contribution in [-0.4, -0.2) is 45.2 Å². The number of nitrogens with zero attached hydrogens (tertiary/aromatic N) is 3. The molecule has 0 atom stereocenters. The standard InChI is InChI=1S/C22H20N6O4/c29-18(10-11-19(30)28-13-12-17(27-28)14-6-2-1-3-7-14)23-26-22(32)20-15-8-4-5-9-16(15)21(31)25-24-20/h1-9H,10-13H2,(H,23,29)(H,25,31)(H,26,32). The Morgan fingerprint density at radius 2 is 1.66 bits per heavy atom. The molecule has 162 valence electrons. The van der Waals surface area contributed by atoms with Crippen LogP contribution < -0.4 is 16.4 Å². The zero-order valence-electron chi connectivity index (χ0n) is 17.0. The van der Waals surface area contributed by atoms with Gasteiger partial charge in [-0.15, -0.1) is 0 Å². The lowest BCUT2D eigenvalue weighted by Crippen LogP contribution is -2.42. The SMILES string of the molecule is O=C(CCC(=O)N1CCC(c2ccccc2)=N1)NNC(=O)c1n[nH]c(=O)c2ccccc12. The summed E-state index contributed by atoms with van der Waals surface area (Å²) < 4.78 is 0. The van der Waals surface area contributed by atoms with Crippen LogP contribution in [0.15, 0.2) is 64.5 Å². The average molecular weight is 432 g/mol. The Bertz CT molecular complexity index is 1270. The monoisotopic (exact) mass is 432 g/mol. The smallest absolute Gasteiger partial charge is 0.273 e. The van der Waals surface area contributed by atoms with Gasteiger partial charge in [0.2, 0.25) is 11.8 Å². The second-order valence-electron chi connectivity index (χ2n) is 7.13. The first-order valence-corrected chi connectivity index (χ1v) is 10.0. The molecule has 3 aromatic rings. The molecule has 0 aliphatic carbocycles. The van der Waals surface area contributed by atoms with E-state index >= 15 is 0 Å². The van der Waals surface area contributed by atoms with Gasteiger partial charge >= 0.3 is 0 Å². The van der Waals surface area contributed by atoms with Crippen LogP contribution in [0.25, 0.3) is 10.8 Å². The van der Waals surface area contributed by atoms with Crippen molar-refractivity contribution in [3.05, 3.63) is 76.2 Å². The van der Waals surface area contributed by atoms with Crippen molar-refractivity contribution in [1.82, 2.24) is 26.1 Å². The van der Waals surface area contributed by atoms with Crippen molar-refractivity contribution < 1.29 is 14.4 Å². The lowest BCUT2D eigenvalue weighted by atomic mass is 10.1. The Kier molecular flexibility index (Phi) is 6.02. The lowest BCUT2D eigenvalue weighted by Gasteiger charge is -2.11. The molecule has 10 heteroatoms. The third-order valence-electron chi connectivity index (χ3n) is 4.99. The van der Waals surface area contributed by atoms with E-state index in [4.69, 9.17) is 0 Å². The van der Waals surface area contributed by atoms with E-state index in [9.17, 15) is 19.2 Å². The minimum absolute atomic E-state index is 0.0311. The molecule has 1 aromatic heterocycles. The number of carbonyl (C=O) groups excluding carboxylic acids is 3. The van der Waals surface area contributed by atoms with E-state index in [1.807, 2.05) is 30.3 Å². The quantitative estimate of drug-likeness (QED) is 0.519. The van der Waals surface area contributed by atoms with E-state index in [2.05, 4.69) is 26.2 Å². The van der Waals surface area contributed by atoms with Gasteiger partial charge in [0.25, 0.3) is 11.5 Å². The molecule has 1 aliphatic rings. The molecular formula is C22H20N6O4. The second-order valence-corrected chi connectivity index (χ2v) is 7.13. The minimum atomic E-state index is -0.686. The van der Waals surface area contributed by atoms with Gasteiger partial charge in [-0.2, -0.15) is 10.2 Å². The van der Waals surface area contributed by atoms with Gasteiger partial charge in [-0.1, -0.05) is 48.5 Å². The second kappa shape index (κ2) is 9.21. The van der Waals surface area contributed by atoms with E-state index in [0.717, 1.165) is 11.3 Å². The first kappa shape index (κ1) is 20.9. The number of hydrazone groups is 1. The van der Waals surface area contributed by atoms with Gasteiger partial charge in [0.05, 0.1) is 17.6 Å². The third kappa shape index (κ3) is 4.53. The van der Waals surface area contributed by atoms with Crippen molar-refractivity contribution in [2.24, 2.45) is 5.10 Å². The van der Waals surface area contributed by atoms with Crippen LogP contribution in [0, 0.1) is 0 Å². The van der Waals surface area contributed by atoms with E-state index in [1.54, 1.807) is 24.3 Å². The number of aromatic nitrogens is 2. The summed E-state index contributed by atoms with van der Waals surface area (Å²) in [5.74, 6) is -1.49. The Balaban J connectivity index is 1.29. The Labute approximate surface area is 182 Å². The van der Waals surface area contributed by atoms with Crippen LogP contribution >= 0.6 is 0 Å². The van der Waals surface area contributed by atoms with Crippen LogP contribution in [0.3, 0.4) is 0 Å². The summed E-state index contributed by atoms with van der Waals surface area (Å²) in [6.07, 6.45) is 0.483. The van der Waals surface area contributed by atoms with Crippen LogP contribution in [0.2, 0.25) is 0 Å². The highest BCUT2D eigenvalue weighted by Crippen LogP contribution is 2.15. The summed E-state index contributed by atoms with van der Waals surface area (Å²) >= 11 is 0. The predicted molar refractivity (Wildman–Crippen MR) is 117 cm³/mol. The fourth-order valence-electron chi connectivity index (χ4n) is 3.36. The van der Waals surface area contributed by atoms with Crippen molar-refractivity contribution in [2.45, 2.75) is 19.3 Å². The molecule has 0 saturated carbocycles. The van der Waals surface area contributed by atoms with E-state index in [-0.39, 0.29) is 24.4 Å². The lowest BCUT2D eigenvalue weighted by molar-refractivity contribution is -0.133. The number of H-pyrrole nitrogens is 1. The molecule has 3 N–H and O–H groups in total. The number of hydrogen-bond acceptors (Lipinski definition) is 6. The topological polar surface area (TPSA) is 137 Å². The van der Waals surface area contributed by atoms with E-state index < -0.39 is 17.4 Å². The van der Waals surface area contributed by atoms with Crippen molar-refractivity contribution in [3.8, 4) is 0 Å². The molecule has 10 nitrogen and oxygen atoms in total. The number of hydrogen-bond donors (Lipinski definition) is 3. The van der Waals surface area contributed by atoms with Crippen LogP contribution in [0.5, 0.6) is 0 Å². The molecule has 1 aliphatic heterocycles. The molecular weight excluding hydrogens is 412 g/mol. The minimum Gasteiger partial charge on any atom is -0.273 e. The van der Waals surface area contributed by atoms with Gasteiger partial charge in [0, 0.05) is 24.6 Å². The number of aromatic amines is 1. The van der Waals surface area contributed by atoms with Crippen LogP contribution in [-0.2, 0) is 9.59 Å². The fourth-order valence-corrected chi connectivity index (χ4v) is 3.36. The Morgan fingerprint density at radius 3 is 2.44 bits per heavy atom. The highest BCUT2D eigenvalue weighted by Gasteiger charge is 2.22. The largest absolute Gasteiger partial charge is 0.290 e. The zero-order chi connectivity index (χ0) is 22.5. The normalized spacial score (nSPS) is 13.0. The number of carbonyl (C=O) groups is 3. The van der Waals surface area contributed by atoms with E-state index in [0.29, 0.717) is 23.7 Å². The van der Waals surface area contributed by atoms with Gasteiger partial charge in [0.15, 0.2) is 5.69 Å². The summed E-state index contributed by atoms with van der Waals surface area (Å²) in [4.78, 5) is 48.7. The third-order valence-corrected chi connectivity index (χ3v) is 4.99. The van der Waals surface area contributed by atoms with Crippen LogP contribution in [0.4, 0.5) is 0 Å². The maximum absolute atomic E-state index is 12.4. The first-order valence-electron chi connectivity index (χ1n) is 10.0. The Hall–Kier alpha value is -4.34. The molecule has 0 saturated heterocycles. The molecule has 0 bridgehead atoms. The molecule has 2 aromatic carbocycles. The first-order chi connectivity index (χ1) is 15.5. The predicted octanol–water partition coefficient (Wildman–Crippen LogP) is 1.10. The van der Waals surface area contributed by atoms with Gasteiger partial charge < -0.3 is 0 Å². The maximum atomic E-state index is 12.4.